The van der Waals surface area contributed by atoms with Gasteiger partial charge in [0.25, 0.3) is 0 Å². The van der Waals surface area contributed by atoms with Crippen LogP contribution in [0, 0.1) is 29.6 Å². The molecule has 230 valence electrons. The largest absolute Gasteiger partial charge is 0.449 e. The highest BCUT2D eigenvalue weighted by atomic mass is 16.5. The van der Waals surface area contributed by atoms with Crippen molar-refractivity contribution in [2.45, 2.75) is 111 Å². The Morgan fingerprint density at radius 2 is 1.83 bits per heavy atom. The number of amides is 2. The van der Waals surface area contributed by atoms with E-state index in [1.54, 1.807) is 0 Å². The van der Waals surface area contributed by atoms with E-state index < -0.39 is 12.0 Å². The predicted molar refractivity (Wildman–Crippen MR) is 170 cm³/mol. The van der Waals surface area contributed by atoms with E-state index in [9.17, 15) is 9.59 Å². The zero-order valence-corrected chi connectivity index (χ0v) is 26.5. The molecule has 2 amide bonds. The number of nitrogens with two attached hydrogens (primary N) is 1. The number of terminal acetylenes is 1. The van der Waals surface area contributed by atoms with E-state index in [2.05, 4.69) is 54.9 Å². The van der Waals surface area contributed by atoms with Gasteiger partial charge in [-0.05, 0) is 55.1 Å². The van der Waals surface area contributed by atoms with Gasteiger partial charge in [0.1, 0.15) is 12.4 Å². The lowest BCUT2D eigenvalue weighted by Crippen LogP contribution is -2.40. The first-order valence-corrected chi connectivity index (χ1v) is 15.9. The van der Waals surface area contributed by atoms with Crippen LogP contribution in [-0.2, 0) is 16.0 Å². The van der Waals surface area contributed by atoms with Crippen molar-refractivity contribution in [3.05, 3.63) is 41.3 Å². The number of aromatic nitrogens is 2. The fourth-order valence-corrected chi connectivity index (χ4v) is 5.86. The number of rotatable bonds is 15. The molecule has 3 rings (SSSR count). The molecule has 1 fully saturated rings. The summed E-state index contributed by atoms with van der Waals surface area (Å²) in [6.07, 6.45) is 20.0. The Bertz CT molecular complexity index is 1200. The number of aromatic amines is 1. The smallest absolute Gasteiger partial charge is 0.404 e. The van der Waals surface area contributed by atoms with Crippen LogP contribution in [0.4, 0.5) is 4.79 Å². The van der Waals surface area contributed by atoms with Gasteiger partial charge in [-0.25, -0.2) is 9.78 Å². The first-order chi connectivity index (χ1) is 20.0. The van der Waals surface area contributed by atoms with Crippen LogP contribution in [0.1, 0.15) is 122 Å². The van der Waals surface area contributed by atoms with Gasteiger partial charge in [-0.15, -0.1) is 6.42 Å². The number of primary amides is 1. The van der Waals surface area contributed by atoms with E-state index >= 15 is 0 Å². The summed E-state index contributed by atoms with van der Waals surface area (Å²) in [7, 11) is 0. The molecular formula is C35H52N4O3. The Hall–Kier alpha value is -3.27. The van der Waals surface area contributed by atoms with E-state index in [0.717, 1.165) is 41.9 Å². The number of carbonyl (C=O) groups excluding carboxylic acids is 2. The van der Waals surface area contributed by atoms with E-state index in [0.29, 0.717) is 12.0 Å². The van der Waals surface area contributed by atoms with Gasteiger partial charge in [-0.2, -0.15) is 0 Å². The number of aryl methyl sites for hydroxylation is 1. The normalized spacial score (nSPS) is 16.0. The Labute approximate surface area is 253 Å². The van der Waals surface area contributed by atoms with E-state index in [-0.39, 0.29) is 24.5 Å². The minimum absolute atomic E-state index is 0.00495. The number of ether oxygens (including phenoxy) is 1. The molecule has 42 heavy (non-hydrogen) atoms. The van der Waals surface area contributed by atoms with Gasteiger partial charge in [-0.1, -0.05) is 91.2 Å². The van der Waals surface area contributed by atoms with Crippen LogP contribution in [-0.4, -0.2) is 40.0 Å². The van der Waals surface area contributed by atoms with Gasteiger partial charge in [0.05, 0.1) is 23.9 Å². The number of carbonyl (C=O) groups is 2. The Morgan fingerprint density at radius 1 is 1.14 bits per heavy atom. The molecule has 7 heteroatoms. The molecule has 0 bridgehead atoms. The van der Waals surface area contributed by atoms with Crippen molar-refractivity contribution in [3.63, 3.8) is 0 Å². The summed E-state index contributed by atoms with van der Waals surface area (Å²) in [5, 5.41) is 0. The maximum Gasteiger partial charge on any atom is 0.404 e. The number of hydrogen-bond donors (Lipinski definition) is 2. The Morgan fingerprint density at radius 3 is 2.48 bits per heavy atom. The summed E-state index contributed by atoms with van der Waals surface area (Å²) in [4.78, 5) is 34.6. The van der Waals surface area contributed by atoms with Crippen molar-refractivity contribution < 1.29 is 14.3 Å². The van der Waals surface area contributed by atoms with Crippen molar-refractivity contribution in [1.82, 2.24) is 14.9 Å². The van der Waals surface area contributed by atoms with Crippen molar-refractivity contribution in [3.8, 4) is 23.6 Å². The van der Waals surface area contributed by atoms with Gasteiger partial charge in [0, 0.05) is 17.7 Å². The molecule has 2 unspecified atom stereocenters. The number of imidazole rings is 1. The maximum absolute atomic E-state index is 13.4. The van der Waals surface area contributed by atoms with Crippen LogP contribution in [0.25, 0.3) is 11.3 Å². The van der Waals surface area contributed by atoms with Gasteiger partial charge in [0.15, 0.2) is 0 Å². The number of nitrogens with zero attached hydrogens (tertiary/aromatic N) is 2. The fourth-order valence-electron chi connectivity index (χ4n) is 5.86. The van der Waals surface area contributed by atoms with Gasteiger partial charge in [0.2, 0.25) is 5.91 Å². The number of hydrogen-bond acceptors (Lipinski definition) is 4. The number of unbranched alkanes of at least 4 members (excludes halogenated alkanes) is 6. The summed E-state index contributed by atoms with van der Waals surface area (Å²) in [5.41, 5.74) is 9.52. The molecule has 0 saturated carbocycles. The molecule has 0 aliphatic carbocycles. The second-order valence-corrected chi connectivity index (χ2v) is 13.4. The molecule has 0 spiro atoms. The highest BCUT2D eigenvalue weighted by Crippen LogP contribution is 2.34. The van der Waals surface area contributed by atoms with Crippen LogP contribution >= 0.6 is 0 Å². The Balaban J connectivity index is 1.56. The van der Waals surface area contributed by atoms with Crippen molar-refractivity contribution >= 4 is 12.0 Å². The third-order valence-corrected chi connectivity index (χ3v) is 8.40. The SMILES string of the molecule is C#Cc1cc(CCCCCCCCCC(C)(C)C)ccc1-c1cnc(C2CCCN2C(=O)C(COC(N)=O)C(C)C)[nH]1. The molecule has 1 aliphatic heterocycles. The highest BCUT2D eigenvalue weighted by Gasteiger charge is 2.37. The summed E-state index contributed by atoms with van der Waals surface area (Å²) in [6, 6.07) is 6.22. The molecule has 0 radical (unpaired) electrons. The third kappa shape index (κ3) is 9.93. The molecule has 1 saturated heterocycles. The number of likely N-dealkylation sites (tertiary alicyclic amines) is 1. The minimum Gasteiger partial charge on any atom is -0.449 e. The molecule has 1 aliphatic rings. The van der Waals surface area contributed by atoms with Crippen LogP contribution in [0.2, 0.25) is 0 Å². The average molecular weight is 577 g/mol. The minimum atomic E-state index is -0.866. The lowest BCUT2D eigenvalue weighted by molar-refractivity contribution is -0.139. The van der Waals surface area contributed by atoms with E-state index in [4.69, 9.17) is 16.9 Å². The van der Waals surface area contributed by atoms with Crippen molar-refractivity contribution in [2.24, 2.45) is 23.0 Å². The zero-order valence-electron chi connectivity index (χ0n) is 26.5. The standard InChI is InChI=1S/C35H52N4O3/c1-7-27-22-26(16-13-11-9-8-10-12-14-20-35(4,5)6)18-19-28(27)30-23-37-32(38-30)31-17-15-21-39(31)33(40)29(25(2)3)24-42-34(36)41/h1,18-19,22-23,25,29,31H,8-17,20-21,24H2,2-6H3,(H2,36,41)(H,37,38). The van der Waals surface area contributed by atoms with E-state index in [1.165, 1.54) is 56.9 Å². The molecule has 7 nitrogen and oxygen atoms in total. The third-order valence-electron chi connectivity index (χ3n) is 8.40. The molecule has 2 atom stereocenters. The lowest BCUT2D eigenvalue weighted by Gasteiger charge is -2.29. The molecular weight excluding hydrogens is 524 g/mol. The van der Waals surface area contributed by atoms with Crippen molar-refractivity contribution in [2.75, 3.05) is 13.2 Å². The zero-order chi connectivity index (χ0) is 30.7. The fraction of sp³-hybridized carbons (Fsp3) is 0.629. The van der Waals surface area contributed by atoms with Gasteiger partial charge in [-0.3, -0.25) is 4.79 Å². The quantitative estimate of drug-likeness (QED) is 0.167. The average Bonchev–Trinajstić information content (AvgIpc) is 3.61. The summed E-state index contributed by atoms with van der Waals surface area (Å²) < 4.78 is 5.00. The van der Waals surface area contributed by atoms with E-state index in [1.807, 2.05) is 24.9 Å². The van der Waals surface area contributed by atoms with Crippen LogP contribution in [0.3, 0.4) is 0 Å². The summed E-state index contributed by atoms with van der Waals surface area (Å²) >= 11 is 0. The molecule has 2 aromatic rings. The molecule has 2 heterocycles. The number of H-pyrrole nitrogens is 1. The van der Waals surface area contributed by atoms with Crippen LogP contribution < -0.4 is 5.73 Å². The van der Waals surface area contributed by atoms with Crippen molar-refractivity contribution in [1.29, 1.82) is 0 Å². The molecule has 1 aromatic heterocycles. The second kappa shape index (κ2) is 15.8. The number of benzene rings is 1. The topological polar surface area (TPSA) is 101 Å². The summed E-state index contributed by atoms with van der Waals surface area (Å²) in [5.74, 6) is 3.13. The van der Waals surface area contributed by atoms with Gasteiger partial charge < -0.3 is 20.4 Å². The molecule has 1 aromatic carbocycles. The van der Waals surface area contributed by atoms with Crippen LogP contribution in [0.5, 0.6) is 0 Å². The monoisotopic (exact) mass is 576 g/mol. The number of nitrogens with one attached hydrogen (secondary N) is 1. The highest BCUT2D eigenvalue weighted by molar-refractivity contribution is 5.80. The van der Waals surface area contributed by atoms with Crippen LogP contribution in [0.15, 0.2) is 24.4 Å². The first-order valence-electron chi connectivity index (χ1n) is 15.9. The summed E-state index contributed by atoms with van der Waals surface area (Å²) in [6.45, 7) is 11.5. The predicted octanol–water partition coefficient (Wildman–Crippen LogP) is 7.80. The maximum atomic E-state index is 13.4. The molecule has 3 N–H and O–H groups in total. The Kier molecular flexibility index (Phi) is 12.5. The second-order valence-electron chi connectivity index (χ2n) is 13.4. The van der Waals surface area contributed by atoms with Gasteiger partial charge >= 0.3 is 6.09 Å². The lowest BCUT2D eigenvalue weighted by atomic mass is 9.89. The first kappa shape index (κ1) is 33.2.